The molecule has 0 bridgehead atoms. The molecule has 0 amide bonds. The standard InChI is InChI=1S/C17H27FN4O.HI/c1-12-5-6-14(9-16(12)18)13(2)21-17(19-3)20-10-15-11-22(4)7-8-23-15;/h5-6,9,13,15H,7-8,10-11H2,1-4H3,(H2,19,20,21);1H. The van der Waals surface area contributed by atoms with Crippen LogP contribution in [0.25, 0.3) is 0 Å². The minimum Gasteiger partial charge on any atom is -0.374 e. The van der Waals surface area contributed by atoms with E-state index in [-0.39, 0.29) is 41.9 Å². The molecule has 136 valence electrons. The third-order valence-corrected chi connectivity index (χ3v) is 4.11. The van der Waals surface area contributed by atoms with E-state index in [4.69, 9.17) is 4.74 Å². The molecular formula is C17H28FIN4O. The summed E-state index contributed by atoms with van der Waals surface area (Å²) >= 11 is 0. The van der Waals surface area contributed by atoms with E-state index in [1.165, 1.54) is 0 Å². The molecule has 0 radical (unpaired) electrons. The average molecular weight is 450 g/mol. The van der Waals surface area contributed by atoms with Crippen molar-refractivity contribution in [2.24, 2.45) is 4.99 Å². The van der Waals surface area contributed by atoms with E-state index in [1.54, 1.807) is 26.1 Å². The number of ether oxygens (including phenoxy) is 1. The largest absolute Gasteiger partial charge is 0.374 e. The Labute approximate surface area is 161 Å². The molecule has 5 nitrogen and oxygen atoms in total. The molecule has 1 aliphatic heterocycles. The summed E-state index contributed by atoms with van der Waals surface area (Å²) in [5.41, 5.74) is 1.55. The number of hydrogen-bond donors (Lipinski definition) is 2. The number of hydrogen-bond acceptors (Lipinski definition) is 3. The summed E-state index contributed by atoms with van der Waals surface area (Å²) in [4.78, 5) is 6.48. The highest BCUT2D eigenvalue weighted by molar-refractivity contribution is 14.0. The fourth-order valence-electron chi connectivity index (χ4n) is 2.56. The SMILES string of the molecule is CN=C(NCC1CN(C)CCO1)NC(C)c1ccc(C)c(F)c1.I. The van der Waals surface area contributed by atoms with Gasteiger partial charge in [0.1, 0.15) is 5.82 Å². The van der Waals surface area contributed by atoms with Crippen LogP contribution >= 0.6 is 24.0 Å². The molecule has 1 aromatic carbocycles. The van der Waals surface area contributed by atoms with E-state index >= 15 is 0 Å². The van der Waals surface area contributed by atoms with E-state index in [1.807, 2.05) is 13.0 Å². The van der Waals surface area contributed by atoms with Gasteiger partial charge in [0, 0.05) is 26.7 Å². The molecule has 2 atom stereocenters. The van der Waals surface area contributed by atoms with Gasteiger partial charge in [0.2, 0.25) is 0 Å². The van der Waals surface area contributed by atoms with Gasteiger partial charge < -0.3 is 20.3 Å². The lowest BCUT2D eigenvalue weighted by molar-refractivity contribution is -0.0161. The smallest absolute Gasteiger partial charge is 0.191 e. The van der Waals surface area contributed by atoms with Gasteiger partial charge in [-0.2, -0.15) is 0 Å². The highest BCUT2D eigenvalue weighted by Gasteiger charge is 2.18. The molecule has 2 rings (SSSR count). The summed E-state index contributed by atoms with van der Waals surface area (Å²) < 4.78 is 19.4. The maximum Gasteiger partial charge on any atom is 0.191 e. The minimum absolute atomic E-state index is 0. The summed E-state index contributed by atoms with van der Waals surface area (Å²) in [6.07, 6.45) is 0.152. The van der Waals surface area contributed by atoms with Crippen LogP contribution in [0.4, 0.5) is 4.39 Å². The number of halogens is 2. The van der Waals surface area contributed by atoms with Gasteiger partial charge in [-0.3, -0.25) is 4.99 Å². The number of aryl methyl sites for hydroxylation is 1. The Morgan fingerprint density at radius 2 is 2.25 bits per heavy atom. The maximum absolute atomic E-state index is 13.7. The lowest BCUT2D eigenvalue weighted by atomic mass is 10.1. The third kappa shape index (κ3) is 6.18. The van der Waals surface area contributed by atoms with Gasteiger partial charge in [0.25, 0.3) is 0 Å². The first-order valence-electron chi connectivity index (χ1n) is 8.03. The summed E-state index contributed by atoms with van der Waals surface area (Å²) in [5.74, 6) is 0.507. The second-order valence-corrected chi connectivity index (χ2v) is 6.08. The highest BCUT2D eigenvalue weighted by atomic mass is 127. The zero-order chi connectivity index (χ0) is 16.8. The second-order valence-electron chi connectivity index (χ2n) is 6.08. The number of rotatable bonds is 4. The number of likely N-dealkylation sites (N-methyl/N-ethyl adjacent to an activating group) is 1. The fraction of sp³-hybridized carbons (Fsp3) is 0.588. The maximum atomic E-state index is 13.7. The molecule has 2 unspecified atom stereocenters. The van der Waals surface area contributed by atoms with E-state index in [9.17, 15) is 4.39 Å². The molecule has 0 saturated carbocycles. The van der Waals surface area contributed by atoms with Crippen LogP contribution < -0.4 is 10.6 Å². The van der Waals surface area contributed by atoms with Crippen LogP contribution in [0.2, 0.25) is 0 Å². The van der Waals surface area contributed by atoms with Crippen LogP contribution in [0.15, 0.2) is 23.2 Å². The predicted octanol–water partition coefficient (Wildman–Crippen LogP) is 2.31. The first-order chi connectivity index (χ1) is 11.0. The van der Waals surface area contributed by atoms with Crippen LogP contribution in [0.5, 0.6) is 0 Å². The van der Waals surface area contributed by atoms with E-state index in [0.717, 1.165) is 25.3 Å². The summed E-state index contributed by atoms with van der Waals surface area (Å²) in [7, 11) is 3.82. The number of nitrogens with one attached hydrogen (secondary N) is 2. The molecule has 1 aromatic rings. The quantitative estimate of drug-likeness (QED) is 0.420. The van der Waals surface area contributed by atoms with Gasteiger partial charge in [-0.15, -0.1) is 24.0 Å². The second kappa shape index (κ2) is 10.1. The van der Waals surface area contributed by atoms with Crippen molar-refractivity contribution in [2.75, 3.05) is 40.3 Å². The van der Waals surface area contributed by atoms with Gasteiger partial charge in [-0.1, -0.05) is 12.1 Å². The van der Waals surface area contributed by atoms with Crippen molar-refractivity contribution in [1.82, 2.24) is 15.5 Å². The Bertz CT molecular complexity index is 555. The molecule has 0 spiro atoms. The Balaban J connectivity index is 0.00000288. The van der Waals surface area contributed by atoms with Gasteiger partial charge in [-0.25, -0.2) is 4.39 Å². The summed E-state index contributed by atoms with van der Waals surface area (Å²) in [6, 6.07) is 5.26. The van der Waals surface area contributed by atoms with E-state index in [0.29, 0.717) is 18.1 Å². The topological polar surface area (TPSA) is 48.9 Å². The van der Waals surface area contributed by atoms with Crippen LogP contribution in [-0.2, 0) is 4.74 Å². The number of nitrogens with zero attached hydrogens (tertiary/aromatic N) is 2. The highest BCUT2D eigenvalue weighted by Crippen LogP contribution is 2.16. The summed E-state index contributed by atoms with van der Waals surface area (Å²) in [6.45, 7) is 7.08. The van der Waals surface area contributed by atoms with Crippen LogP contribution in [0.3, 0.4) is 0 Å². The van der Waals surface area contributed by atoms with Gasteiger partial charge in [-0.05, 0) is 38.1 Å². The zero-order valence-corrected chi connectivity index (χ0v) is 17.1. The van der Waals surface area contributed by atoms with Crippen LogP contribution in [0, 0.1) is 12.7 Å². The molecule has 1 saturated heterocycles. The van der Waals surface area contributed by atoms with Gasteiger partial charge in [0.05, 0.1) is 18.8 Å². The number of guanidine groups is 1. The molecule has 0 aromatic heterocycles. The molecule has 0 aliphatic carbocycles. The molecular weight excluding hydrogens is 422 g/mol. The Morgan fingerprint density at radius 3 is 2.88 bits per heavy atom. The Morgan fingerprint density at radius 1 is 1.50 bits per heavy atom. The van der Waals surface area contributed by atoms with Crippen molar-refractivity contribution >= 4 is 29.9 Å². The minimum atomic E-state index is -0.183. The lowest BCUT2D eigenvalue weighted by Crippen LogP contribution is -2.48. The van der Waals surface area contributed by atoms with E-state index in [2.05, 4.69) is 27.6 Å². The van der Waals surface area contributed by atoms with Crippen molar-refractivity contribution in [3.8, 4) is 0 Å². The van der Waals surface area contributed by atoms with Crippen LogP contribution in [-0.4, -0.2) is 57.3 Å². The normalized spacial score (nSPS) is 20.2. The first-order valence-corrected chi connectivity index (χ1v) is 8.03. The average Bonchev–Trinajstić information content (AvgIpc) is 2.53. The number of morpholine rings is 1. The Kier molecular flexibility index (Phi) is 8.93. The third-order valence-electron chi connectivity index (χ3n) is 4.11. The lowest BCUT2D eigenvalue weighted by Gasteiger charge is -2.30. The number of aliphatic imine (C=N–C) groups is 1. The molecule has 24 heavy (non-hydrogen) atoms. The Hall–Kier alpha value is -0.930. The number of benzene rings is 1. The molecule has 2 N–H and O–H groups in total. The zero-order valence-electron chi connectivity index (χ0n) is 14.8. The van der Waals surface area contributed by atoms with E-state index < -0.39 is 0 Å². The molecule has 7 heteroatoms. The fourth-order valence-corrected chi connectivity index (χ4v) is 2.56. The molecule has 1 aliphatic rings. The van der Waals surface area contributed by atoms with Crippen molar-refractivity contribution < 1.29 is 9.13 Å². The monoisotopic (exact) mass is 450 g/mol. The molecule has 1 heterocycles. The van der Waals surface area contributed by atoms with Gasteiger partial charge >= 0.3 is 0 Å². The first kappa shape index (κ1) is 21.1. The van der Waals surface area contributed by atoms with Crippen molar-refractivity contribution in [1.29, 1.82) is 0 Å². The van der Waals surface area contributed by atoms with Crippen molar-refractivity contribution in [2.45, 2.75) is 26.0 Å². The van der Waals surface area contributed by atoms with Crippen molar-refractivity contribution in [3.05, 3.63) is 35.1 Å². The molecule has 1 fully saturated rings. The summed E-state index contributed by atoms with van der Waals surface area (Å²) in [5, 5.41) is 6.56. The van der Waals surface area contributed by atoms with Gasteiger partial charge in [0.15, 0.2) is 5.96 Å². The predicted molar refractivity (Wildman–Crippen MR) is 107 cm³/mol. The van der Waals surface area contributed by atoms with Crippen molar-refractivity contribution in [3.63, 3.8) is 0 Å². The van der Waals surface area contributed by atoms with Crippen LogP contribution in [0.1, 0.15) is 24.1 Å².